The first-order chi connectivity index (χ1) is 8.15. The highest BCUT2D eigenvalue weighted by atomic mass is 32.1. The molecule has 3 nitrogen and oxygen atoms in total. The lowest BCUT2D eigenvalue weighted by Crippen LogP contribution is -2.22. The van der Waals surface area contributed by atoms with E-state index in [1.807, 2.05) is 30.7 Å². The predicted molar refractivity (Wildman–Crippen MR) is 72.4 cm³/mol. The summed E-state index contributed by atoms with van der Waals surface area (Å²) in [4.78, 5) is 9.41. The van der Waals surface area contributed by atoms with Crippen LogP contribution in [-0.2, 0) is 13.1 Å². The molecule has 0 fully saturated rings. The summed E-state index contributed by atoms with van der Waals surface area (Å²) >= 11 is 1.88. The van der Waals surface area contributed by atoms with Crippen molar-refractivity contribution in [3.63, 3.8) is 0 Å². The molecule has 0 unspecified atom stereocenters. The average Bonchev–Trinajstić information content (AvgIpc) is 2.85. The van der Waals surface area contributed by atoms with Gasteiger partial charge in [0.15, 0.2) is 0 Å². The summed E-state index contributed by atoms with van der Waals surface area (Å²) in [5, 5.41) is 0. The van der Waals surface area contributed by atoms with Crippen molar-refractivity contribution in [3.8, 4) is 0 Å². The largest absolute Gasteiger partial charge is 0.334 e. The zero-order valence-electron chi connectivity index (χ0n) is 10.7. The van der Waals surface area contributed by atoms with Crippen LogP contribution in [0.2, 0.25) is 0 Å². The highest BCUT2D eigenvalue weighted by Gasteiger charge is 2.03. The number of aryl methyl sites for hydroxylation is 2. The number of rotatable bonds is 5. The van der Waals surface area contributed by atoms with Gasteiger partial charge in [-0.3, -0.25) is 4.90 Å². The quantitative estimate of drug-likeness (QED) is 0.812. The fourth-order valence-electron chi connectivity index (χ4n) is 1.83. The first kappa shape index (κ1) is 12.3. The summed E-state index contributed by atoms with van der Waals surface area (Å²) in [5.41, 5.74) is 0. The van der Waals surface area contributed by atoms with Crippen LogP contribution in [0.15, 0.2) is 24.5 Å². The maximum absolute atomic E-state index is 4.23. The minimum Gasteiger partial charge on any atom is -0.334 e. The lowest BCUT2D eigenvalue weighted by atomic mass is 10.4. The van der Waals surface area contributed by atoms with E-state index in [9.17, 15) is 0 Å². The third-order valence-corrected chi connectivity index (χ3v) is 3.85. The summed E-state index contributed by atoms with van der Waals surface area (Å²) in [7, 11) is 2.17. The van der Waals surface area contributed by atoms with Gasteiger partial charge in [-0.1, -0.05) is 0 Å². The van der Waals surface area contributed by atoms with Crippen LogP contribution in [0.1, 0.15) is 15.6 Å². The smallest absolute Gasteiger partial charge is 0.105 e. The zero-order valence-corrected chi connectivity index (χ0v) is 11.5. The summed E-state index contributed by atoms with van der Waals surface area (Å²) in [5.74, 6) is 1.09. The summed E-state index contributed by atoms with van der Waals surface area (Å²) in [6, 6.07) is 4.41. The Bertz CT molecular complexity index is 472. The van der Waals surface area contributed by atoms with Gasteiger partial charge in [-0.15, -0.1) is 11.3 Å². The van der Waals surface area contributed by atoms with Crippen LogP contribution in [0.4, 0.5) is 0 Å². The van der Waals surface area contributed by atoms with E-state index >= 15 is 0 Å². The topological polar surface area (TPSA) is 21.1 Å². The Labute approximate surface area is 107 Å². The third kappa shape index (κ3) is 3.41. The Hall–Kier alpha value is -1.13. The summed E-state index contributed by atoms with van der Waals surface area (Å²) in [6.07, 6.45) is 3.90. The summed E-state index contributed by atoms with van der Waals surface area (Å²) < 4.78 is 2.19. The van der Waals surface area contributed by atoms with Crippen molar-refractivity contribution in [2.24, 2.45) is 0 Å². The number of thiophene rings is 1. The lowest BCUT2D eigenvalue weighted by Gasteiger charge is -2.16. The van der Waals surface area contributed by atoms with E-state index in [2.05, 4.69) is 40.6 Å². The molecule has 2 aromatic rings. The van der Waals surface area contributed by atoms with Gasteiger partial charge in [-0.25, -0.2) is 4.98 Å². The molecular weight excluding hydrogens is 230 g/mol. The van der Waals surface area contributed by atoms with Gasteiger partial charge in [-0.05, 0) is 33.0 Å². The lowest BCUT2D eigenvalue weighted by molar-refractivity contribution is 0.313. The van der Waals surface area contributed by atoms with E-state index in [1.54, 1.807) is 0 Å². The van der Waals surface area contributed by atoms with Crippen LogP contribution in [0, 0.1) is 13.8 Å². The molecule has 0 atom stereocenters. The Balaban J connectivity index is 1.82. The number of hydrogen-bond donors (Lipinski definition) is 0. The molecule has 92 valence electrons. The molecule has 0 spiro atoms. The molecule has 0 radical (unpaired) electrons. The number of imidazole rings is 1. The Morgan fingerprint density at radius 3 is 2.76 bits per heavy atom. The van der Waals surface area contributed by atoms with Crippen molar-refractivity contribution in [2.45, 2.75) is 26.9 Å². The van der Waals surface area contributed by atoms with Crippen LogP contribution in [0.25, 0.3) is 0 Å². The fraction of sp³-hybridized carbons (Fsp3) is 0.462. The van der Waals surface area contributed by atoms with E-state index in [1.165, 1.54) is 9.75 Å². The molecule has 2 rings (SSSR count). The van der Waals surface area contributed by atoms with Gasteiger partial charge in [0.05, 0.1) is 0 Å². The van der Waals surface area contributed by atoms with Crippen LogP contribution >= 0.6 is 11.3 Å². The molecule has 0 aliphatic heterocycles. The van der Waals surface area contributed by atoms with Crippen molar-refractivity contribution in [2.75, 3.05) is 13.6 Å². The molecule has 4 heteroatoms. The normalized spacial score (nSPS) is 11.3. The molecule has 0 saturated carbocycles. The molecule has 2 aromatic heterocycles. The molecule has 0 bridgehead atoms. The molecule has 17 heavy (non-hydrogen) atoms. The second-order valence-electron chi connectivity index (χ2n) is 4.42. The second-order valence-corrected chi connectivity index (χ2v) is 5.79. The van der Waals surface area contributed by atoms with Crippen LogP contribution < -0.4 is 0 Å². The highest BCUT2D eigenvalue weighted by molar-refractivity contribution is 7.11. The van der Waals surface area contributed by atoms with Gasteiger partial charge in [0.25, 0.3) is 0 Å². The van der Waals surface area contributed by atoms with Crippen LogP contribution in [0.3, 0.4) is 0 Å². The Kier molecular flexibility index (Phi) is 3.97. The molecular formula is C13H19N3S. The highest BCUT2D eigenvalue weighted by Crippen LogP contribution is 2.16. The fourth-order valence-corrected chi connectivity index (χ4v) is 2.80. The first-order valence-electron chi connectivity index (χ1n) is 5.87. The van der Waals surface area contributed by atoms with Crippen LogP contribution in [0.5, 0.6) is 0 Å². The van der Waals surface area contributed by atoms with Crippen molar-refractivity contribution in [3.05, 3.63) is 40.1 Å². The number of aromatic nitrogens is 2. The minimum absolute atomic E-state index is 1.01. The SMILES string of the molecule is Cc1ccc(CN(C)CCn2ccnc2C)s1. The first-order valence-corrected chi connectivity index (χ1v) is 6.68. The van der Waals surface area contributed by atoms with Crippen molar-refractivity contribution < 1.29 is 0 Å². The van der Waals surface area contributed by atoms with E-state index in [0.717, 1.165) is 25.5 Å². The van der Waals surface area contributed by atoms with E-state index in [4.69, 9.17) is 0 Å². The molecule has 0 saturated heterocycles. The van der Waals surface area contributed by atoms with Crippen molar-refractivity contribution in [1.82, 2.24) is 14.5 Å². The van der Waals surface area contributed by atoms with E-state index < -0.39 is 0 Å². The Morgan fingerprint density at radius 1 is 1.35 bits per heavy atom. The predicted octanol–water partition coefficient (Wildman–Crippen LogP) is 2.69. The third-order valence-electron chi connectivity index (χ3n) is 2.87. The number of likely N-dealkylation sites (N-methyl/N-ethyl adjacent to an activating group) is 1. The monoisotopic (exact) mass is 249 g/mol. The van der Waals surface area contributed by atoms with Gasteiger partial charge in [0, 0.05) is 41.8 Å². The van der Waals surface area contributed by atoms with E-state index in [-0.39, 0.29) is 0 Å². The molecule has 0 amide bonds. The van der Waals surface area contributed by atoms with Crippen LogP contribution in [-0.4, -0.2) is 28.0 Å². The van der Waals surface area contributed by atoms with E-state index in [0.29, 0.717) is 0 Å². The average molecular weight is 249 g/mol. The number of nitrogens with zero attached hydrogens (tertiary/aromatic N) is 3. The molecule has 2 heterocycles. The standard InChI is InChI=1S/C13H19N3S/c1-11-4-5-13(17-11)10-15(3)8-9-16-7-6-14-12(16)2/h4-7H,8-10H2,1-3H3. The summed E-state index contributed by atoms with van der Waals surface area (Å²) in [6.45, 7) is 7.29. The van der Waals surface area contributed by atoms with Crippen molar-refractivity contribution in [1.29, 1.82) is 0 Å². The van der Waals surface area contributed by atoms with Gasteiger partial charge < -0.3 is 4.57 Å². The second kappa shape index (κ2) is 5.47. The Morgan fingerprint density at radius 2 is 2.18 bits per heavy atom. The van der Waals surface area contributed by atoms with Gasteiger partial charge in [0.2, 0.25) is 0 Å². The maximum atomic E-state index is 4.23. The van der Waals surface area contributed by atoms with Gasteiger partial charge in [0.1, 0.15) is 5.82 Å². The molecule has 0 N–H and O–H groups in total. The maximum Gasteiger partial charge on any atom is 0.105 e. The minimum atomic E-state index is 1.01. The van der Waals surface area contributed by atoms with Crippen molar-refractivity contribution >= 4 is 11.3 Å². The molecule has 0 aliphatic rings. The van der Waals surface area contributed by atoms with Gasteiger partial charge >= 0.3 is 0 Å². The van der Waals surface area contributed by atoms with Gasteiger partial charge in [-0.2, -0.15) is 0 Å². The number of hydrogen-bond acceptors (Lipinski definition) is 3. The zero-order chi connectivity index (χ0) is 12.3. The molecule has 0 aliphatic carbocycles. The molecule has 0 aromatic carbocycles.